The minimum Gasteiger partial charge on any atom is -0.271 e. The average Bonchev–Trinajstić information content (AvgIpc) is 2.39. The molecule has 0 fully saturated rings. The van der Waals surface area contributed by atoms with Gasteiger partial charge in [0.15, 0.2) is 0 Å². The molecular weight excluding hydrogens is 253 g/mol. The van der Waals surface area contributed by atoms with E-state index >= 15 is 0 Å². The maximum Gasteiger partial charge on any atom is 0.123 e. The second-order valence-corrected chi connectivity index (χ2v) is 4.39. The fraction of sp³-hybridized carbons (Fsp3) is 0.154. The Bertz CT molecular complexity index is 499. The number of hydrogen-bond donors (Lipinski definition) is 2. The molecule has 1 atom stereocenters. The number of nitrogens with zero attached hydrogens (tertiary/aromatic N) is 1. The number of aromatic nitrogens is 1. The molecule has 18 heavy (non-hydrogen) atoms. The lowest BCUT2D eigenvalue weighted by molar-refractivity contribution is 0.537. The first-order valence-corrected chi connectivity index (χ1v) is 5.89. The van der Waals surface area contributed by atoms with E-state index in [1.165, 1.54) is 12.1 Å². The van der Waals surface area contributed by atoms with Crippen molar-refractivity contribution in [2.45, 2.75) is 12.5 Å². The van der Waals surface area contributed by atoms with Crippen LogP contribution < -0.4 is 11.3 Å². The van der Waals surface area contributed by atoms with Crippen molar-refractivity contribution in [1.29, 1.82) is 0 Å². The van der Waals surface area contributed by atoms with Crippen molar-refractivity contribution in [2.24, 2.45) is 5.84 Å². The van der Waals surface area contributed by atoms with Gasteiger partial charge < -0.3 is 0 Å². The quantitative estimate of drug-likeness (QED) is 0.660. The van der Waals surface area contributed by atoms with E-state index in [-0.39, 0.29) is 11.9 Å². The molecule has 3 N–H and O–H groups in total. The van der Waals surface area contributed by atoms with Crippen molar-refractivity contribution in [3.05, 3.63) is 64.7 Å². The molecule has 1 aromatic heterocycles. The summed E-state index contributed by atoms with van der Waals surface area (Å²) in [4.78, 5) is 4.21. The number of rotatable bonds is 4. The van der Waals surface area contributed by atoms with Crippen LogP contribution in [0.5, 0.6) is 0 Å². The SMILES string of the molecule is NNC(Cc1ccc(F)cc1)c1ccc(Cl)cn1. The lowest BCUT2D eigenvalue weighted by Gasteiger charge is -2.15. The Morgan fingerprint density at radius 2 is 1.94 bits per heavy atom. The fourth-order valence-electron chi connectivity index (χ4n) is 1.70. The van der Waals surface area contributed by atoms with Crippen molar-refractivity contribution in [2.75, 3.05) is 0 Å². The van der Waals surface area contributed by atoms with Gasteiger partial charge in [-0.15, -0.1) is 0 Å². The van der Waals surface area contributed by atoms with Crippen molar-refractivity contribution >= 4 is 11.6 Å². The molecule has 0 aliphatic rings. The summed E-state index contributed by atoms with van der Waals surface area (Å²) in [5.74, 6) is 5.27. The van der Waals surface area contributed by atoms with Gasteiger partial charge in [-0.1, -0.05) is 23.7 Å². The summed E-state index contributed by atoms with van der Waals surface area (Å²) < 4.78 is 12.8. The lowest BCUT2D eigenvalue weighted by atomic mass is 10.0. The largest absolute Gasteiger partial charge is 0.271 e. The first-order valence-electron chi connectivity index (χ1n) is 5.51. The molecule has 0 radical (unpaired) electrons. The number of hydrogen-bond acceptors (Lipinski definition) is 3. The molecule has 1 unspecified atom stereocenters. The minimum absolute atomic E-state index is 0.132. The first kappa shape index (κ1) is 13.0. The fourth-order valence-corrected chi connectivity index (χ4v) is 1.81. The van der Waals surface area contributed by atoms with Crippen LogP contribution in [0.4, 0.5) is 4.39 Å². The van der Waals surface area contributed by atoms with Crippen LogP contribution in [0.2, 0.25) is 5.02 Å². The second-order valence-electron chi connectivity index (χ2n) is 3.95. The number of benzene rings is 1. The van der Waals surface area contributed by atoms with E-state index in [0.29, 0.717) is 11.4 Å². The highest BCUT2D eigenvalue weighted by Crippen LogP contribution is 2.17. The van der Waals surface area contributed by atoms with Gasteiger partial charge in [-0.05, 0) is 36.2 Å². The van der Waals surface area contributed by atoms with Crippen LogP contribution in [0.15, 0.2) is 42.6 Å². The highest BCUT2D eigenvalue weighted by atomic mass is 35.5. The van der Waals surface area contributed by atoms with Crippen molar-refractivity contribution in [3.63, 3.8) is 0 Å². The van der Waals surface area contributed by atoms with Crippen LogP contribution in [0.25, 0.3) is 0 Å². The van der Waals surface area contributed by atoms with Gasteiger partial charge in [-0.2, -0.15) is 0 Å². The second kappa shape index (κ2) is 5.91. The minimum atomic E-state index is -0.249. The molecule has 1 aromatic carbocycles. The molecule has 94 valence electrons. The molecule has 2 rings (SSSR count). The van der Waals surface area contributed by atoms with Gasteiger partial charge in [0.05, 0.1) is 16.8 Å². The molecule has 0 aliphatic carbocycles. The van der Waals surface area contributed by atoms with Gasteiger partial charge >= 0.3 is 0 Å². The van der Waals surface area contributed by atoms with Gasteiger partial charge in [-0.3, -0.25) is 16.3 Å². The Hall–Kier alpha value is -1.49. The van der Waals surface area contributed by atoms with Crippen molar-refractivity contribution in [1.82, 2.24) is 10.4 Å². The van der Waals surface area contributed by atoms with Crippen LogP contribution in [-0.4, -0.2) is 4.98 Å². The van der Waals surface area contributed by atoms with E-state index in [9.17, 15) is 4.39 Å². The van der Waals surface area contributed by atoms with E-state index < -0.39 is 0 Å². The molecule has 0 spiro atoms. The number of nitrogens with one attached hydrogen (secondary N) is 1. The third kappa shape index (κ3) is 3.26. The third-order valence-corrected chi connectivity index (χ3v) is 2.89. The monoisotopic (exact) mass is 265 g/mol. The zero-order valence-corrected chi connectivity index (χ0v) is 10.4. The van der Waals surface area contributed by atoms with Gasteiger partial charge in [0.2, 0.25) is 0 Å². The van der Waals surface area contributed by atoms with Crippen LogP contribution in [0, 0.1) is 5.82 Å². The molecule has 0 bridgehead atoms. The summed E-state index contributed by atoms with van der Waals surface area (Å²) in [6, 6.07) is 9.77. The Morgan fingerprint density at radius 1 is 1.22 bits per heavy atom. The summed E-state index contributed by atoms with van der Waals surface area (Å²) in [5, 5.41) is 0.580. The van der Waals surface area contributed by atoms with Crippen LogP contribution in [0.1, 0.15) is 17.3 Å². The average molecular weight is 266 g/mol. The Balaban J connectivity index is 2.14. The van der Waals surface area contributed by atoms with Gasteiger partial charge in [0.1, 0.15) is 5.82 Å². The molecule has 1 heterocycles. The summed E-state index contributed by atoms with van der Waals surface area (Å²) in [6.45, 7) is 0. The summed E-state index contributed by atoms with van der Waals surface area (Å²) in [7, 11) is 0. The normalized spacial score (nSPS) is 12.4. The highest BCUT2D eigenvalue weighted by Gasteiger charge is 2.11. The molecule has 2 aromatic rings. The summed E-state index contributed by atoms with van der Waals surface area (Å²) >= 11 is 5.78. The van der Waals surface area contributed by atoms with E-state index in [1.54, 1.807) is 24.4 Å². The third-order valence-electron chi connectivity index (χ3n) is 2.66. The molecule has 0 saturated carbocycles. The summed E-state index contributed by atoms with van der Waals surface area (Å²) in [5.41, 5.74) is 4.48. The molecule has 0 aliphatic heterocycles. The zero-order chi connectivity index (χ0) is 13.0. The van der Waals surface area contributed by atoms with Gasteiger partial charge in [-0.25, -0.2) is 4.39 Å². The standard InChI is InChI=1S/C13H13ClFN3/c14-10-3-6-12(17-8-10)13(18-16)7-9-1-4-11(15)5-2-9/h1-6,8,13,18H,7,16H2. The number of halogens is 2. The van der Waals surface area contributed by atoms with Gasteiger partial charge in [0.25, 0.3) is 0 Å². The first-order chi connectivity index (χ1) is 8.69. The van der Waals surface area contributed by atoms with E-state index in [0.717, 1.165) is 11.3 Å². The lowest BCUT2D eigenvalue weighted by Crippen LogP contribution is -2.30. The van der Waals surface area contributed by atoms with E-state index in [4.69, 9.17) is 17.4 Å². The zero-order valence-electron chi connectivity index (χ0n) is 9.61. The molecule has 3 nitrogen and oxygen atoms in total. The summed E-state index contributed by atoms with van der Waals surface area (Å²) in [6.07, 6.45) is 2.21. The topological polar surface area (TPSA) is 50.9 Å². The van der Waals surface area contributed by atoms with Crippen LogP contribution in [0.3, 0.4) is 0 Å². The van der Waals surface area contributed by atoms with Crippen LogP contribution in [-0.2, 0) is 6.42 Å². The van der Waals surface area contributed by atoms with Crippen LogP contribution >= 0.6 is 11.6 Å². The Kier molecular flexibility index (Phi) is 4.25. The Morgan fingerprint density at radius 3 is 2.50 bits per heavy atom. The van der Waals surface area contributed by atoms with E-state index in [2.05, 4.69) is 10.4 Å². The highest BCUT2D eigenvalue weighted by molar-refractivity contribution is 6.30. The van der Waals surface area contributed by atoms with E-state index in [1.807, 2.05) is 6.07 Å². The number of hydrazine groups is 1. The molecule has 0 amide bonds. The Labute approximate surface area is 110 Å². The smallest absolute Gasteiger partial charge is 0.123 e. The predicted octanol–water partition coefficient (Wildman–Crippen LogP) is 2.62. The molecular formula is C13H13ClFN3. The molecule has 5 heteroatoms. The van der Waals surface area contributed by atoms with Crippen molar-refractivity contribution in [3.8, 4) is 0 Å². The van der Waals surface area contributed by atoms with Crippen molar-refractivity contribution < 1.29 is 4.39 Å². The number of pyridine rings is 1. The maximum atomic E-state index is 12.8. The predicted molar refractivity (Wildman–Crippen MR) is 69.4 cm³/mol. The molecule has 0 saturated heterocycles. The maximum absolute atomic E-state index is 12.8. The van der Waals surface area contributed by atoms with Gasteiger partial charge in [0, 0.05) is 6.20 Å². The number of nitrogens with two attached hydrogens (primary N) is 1.